The number of hydrogen-bond donors (Lipinski definition) is 4. The molecule has 2 heterocycles. The molecule has 0 aliphatic heterocycles. The standard InChI is InChI=1S/C11H6Br2N2O.C4H6O6/c12-9-1-7(3-14-5-9)11(16)8-2-10(13)6-15-4-8;5-1(3(7)8)2(6)4(9)10/h1-6H;1-2,5-6H,(H,7,8)(H,9,10). The summed E-state index contributed by atoms with van der Waals surface area (Å²) in [5.74, 6) is -3.63. The zero-order chi connectivity index (χ0) is 19.9. The monoisotopic (exact) mass is 490 g/mol. The van der Waals surface area contributed by atoms with Crippen LogP contribution in [0.1, 0.15) is 15.9 Å². The third-order valence-corrected chi connectivity index (χ3v) is 3.61. The number of aliphatic hydroxyl groups excluding tert-OH is 2. The Labute approximate surface area is 163 Å². The van der Waals surface area contributed by atoms with E-state index in [1.54, 1.807) is 24.5 Å². The van der Waals surface area contributed by atoms with Crippen molar-refractivity contribution in [1.29, 1.82) is 0 Å². The maximum absolute atomic E-state index is 12.0. The highest BCUT2D eigenvalue weighted by Crippen LogP contribution is 2.16. The van der Waals surface area contributed by atoms with E-state index in [0.29, 0.717) is 11.1 Å². The highest BCUT2D eigenvalue weighted by Gasteiger charge is 2.29. The number of nitrogens with zero attached hydrogens (tertiary/aromatic N) is 2. The van der Waals surface area contributed by atoms with Crippen molar-refractivity contribution in [2.24, 2.45) is 0 Å². The van der Waals surface area contributed by atoms with E-state index in [1.807, 2.05) is 0 Å². The van der Waals surface area contributed by atoms with Gasteiger partial charge in [0, 0.05) is 44.9 Å². The van der Waals surface area contributed by atoms with E-state index in [0.717, 1.165) is 8.95 Å². The van der Waals surface area contributed by atoms with Gasteiger partial charge in [-0.25, -0.2) is 9.59 Å². The average molecular weight is 492 g/mol. The van der Waals surface area contributed by atoms with Crippen LogP contribution in [-0.2, 0) is 9.59 Å². The first kappa shape index (κ1) is 21.8. The summed E-state index contributed by atoms with van der Waals surface area (Å²) in [6.07, 6.45) is 1.81. The number of pyridine rings is 2. The molecule has 0 saturated heterocycles. The van der Waals surface area contributed by atoms with Crippen LogP contribution in [0, 0.1) is 0 Å². The number of aromatic nitrogens is 2. The van der Waals surface area contributed by atoms with Crippen molar-refractivity contribution in [3.8, 4) is 0 Å². The van der Waals surface area contributed by atoms with Gasteiger partial charge in [0.2, 0.25) is 0 Å². The molecular weight excluding hydrogens is 480 g/mol. The van der Waals surface area contributed by atoms with Crippen LogP contribution in [0.3, 0.4) is 0 Å². The van der Waals surface area contributed by atoms with Crippen LogP contribution in [0.15, 0.2) is 45.9 Å². The lowest BCUT2D eigenvalue weighted by Crippen LogP contribution is -2.39. The lowest BCUT2D eigenvalue weighted by molar-refractivity contribution is -0.165. The molecule has 2 aromatic rings. The fourth-order valence-corrected chi connectivity index (χ4v) is 2.24. The minimum Gasteiger partial charge on any atom is -0.479 e. The first-order valence-electron chi connectivity index (χ1n) is 6.71. The van der Waals surface area contributed by atoms with Crippen molar-refractivity contribution >= 4 is 49.6 Å². The number of aliphatic hydroxyl groups is 2. The van der Waals surface area contributed by atoms with Crippen molar-refractivity contribution in [2.75, 3.05) is 0 Å². The predicted molar refractivity (Wildman–Crippen MR) is 94.6 cm³/mol. The molecule has 26 heavy (non-hydrogen) atoms. The fourth-order valence-electron chi connectivity index (χ4n) is 1.51. The van der Waals surface area contributed by atoms with Crippen LogP contribution >= 0.6 is 31.9 Å². The van der Waals surface area contributed by atoms with Gasteiger partial charge in [-0.2, -0.15) is 0 Å². The van der Waals surface area contributed by atoms with Crippen LogP contribution in [0.4, 0.5) is 0 Å². The minimum absolute atomic E-state index is 0.0948. The molecule has 0 bridgehead atoms. The maximum atomic E-state index is 12.0. The van der Waals surface area contributed by atoms with Gasteiger partial charge in [-0.1, -0.05) is 0 Å². The van der Waals surface area contributed by atoms with Crippen molar-refractivity contribution in [3.63, 3.8) is 0 Å². The highest BCUT2D eigenvalue weighted by atomic mass is 79.9. The first-order chi connectivity index (χ1) is 12.1. The molecule has 4 N–H and O–H groups in total. The van der Waals surface area contributed by atoms with Crippen LogP contribution in [0.5, 0.6) is 0 Å². The average Bonchev–Trinajstić information content (AvgIpc) is 2.60. The Bertz CT molecular complexity index is 751. The third kappa shape index (κ3) is 6.59. The molecule has 9 nitrogen and oxygen atoms in total. The quantitative estimate of drug-likeness (QED) is 0.449. The second-order valence-corrected chi connectivity index (χ2v) is 6.51. The number of ketones is 1. The van der Waals surface area contributed by atoms with E-state index in [4.69, 9.17) is 20.4 Å². The number of hydrogen-bond acceptors (Lipinski definition) is 7. The van der Waals surface area contributed by atoms with E-state index < -0.39 is 24.1 Å². The smallest absolute Gasteiger partial charge is 0.335 e. The molecule has 2 unspecified atom stereocenters. The molecule has 138 valence electrons. The molecule has 2 atom stereocenters. The van der Waals surface area contributed by atoms with Crippen molar-refractivity contribution in [2.45, 2.75) is 12.2 Å². The Morgan fingerprint density at radius 3 is 1.38 bits per heavy atom. The summed E-state index contributed by atoms with van der Waals surface area (Å²) >= 11 is 6.56. The van der Waals surface area contributed by atoms with Crippen molar-refractivity contribution in [1.82, 2.24) is 9.97 Å². The number of rotatable bonds is 5. The predicted octanol–water partition coefficient (Wildman–Crippen LogP) is 1.11. The van der Waals surface area contributed by atoms with Crippen LogP contribution in [0.25, 0.3) is 0 Å². The Hall–Kier alpha value is -2.21. The Morgan fingerprint density at radius 1 is 0.769 bits per heavy atom. The van der Waals surface area contributed by atoms with E-state index in [1.165, 1.54) is 12.4 Å². The molecule has 2 aromatic heterocycles. The summed E-state index contributed by atoms with van der Waals surface area (Å²) in [5.41, 5.74) is 1.07. The van der Waals surface area contributed by atoms with Crippen LogP contribution in [0.2, 0.25) is 0 Å². The molecule has 0 spiro atoms. The molecule has 0 fully saturated rings. The van der Waals surface area contributed by atoms with Gasteiger partial charge in [0.1, 0.15) is 0 Å². The van der Waals surface area contributed by atoms with E-state index in [2.05, 4.69) is 41.8 Å². The number of carboxylic acids is 2. The second-order valence-electron chi connectivity index (χ2n) is 4.68. The minimum atomic E-state index is -2.27. The highest BCUT2D eigenvalue weighted by molar-refractivity contribution is 9.10. The van der Waals surface area contributed by atoms with E-state index in [-0.39, 0.29) is 5.78 Å². The Morgan fingerprint density at radius 2 is 1.12 bits per heavy atom. The number of aliphatic carboxylic acids is 2. The molecule has 0 radical (unpaired) electrons. The number of carboxylic acid groups (broad SMARTS) is 2. The molecule has 0 aliphatic rings. The molecule has 2 rings (SSSR count). The molecule has 0 saturated carbocycles. The van der Waals surface area contributed by atoms with Gasteiger partial charge in [-0.3, -0.25) is 14.8 Å². The lowest BCUT2D eigenvalue weighted by Gasteiger charge is -2.07. The van der Waals surface area contributed by atoms with Crippen LogP contribution < -0.4 is 0 Å². The summed E-state index contributed by atoms with van der Waals surface area (Å²) in [5, 5.41) is 32.5. The molecule has 0 aromatic carbocycles. The van der Waals surface area contributed by atoms with Gasteiger partial charge in [0.25, 0.3) is 0 Å². The summed E-state index contributed by atoms with van der Waals surface area (Å²) in [4.78, 5) is 39.5. The lowest BCUT2D eigenvalue weighted by atomic mass is 10.1. The molecule has 0 amide bonds. The van der Waals surface area contributed by atoms with Gasteiger partial charge in [0.05, 0.1) is 0 Å². The van der Waals surface area contributed by atoms with Gasteiger partial charge in [-0.15, -0.1) is 0 Å². The summed E-state index contributed by atoms with van der Waals surface area (Å²) in [6, 6.07) is 3.46. The normalized spacial score (nSPS) is 12.3. The largest absolute Gasteiger partial charge is 0.479 e. The topological polar surface area (TPSA) is 158 Å². The van der Waals surface area contributed by atoms with Gasteiger partial charge in [-0.05, 0) is 44.0 Å². The molecule has 0 aliphatic carbocycles. The van der Waals surface area contributed by atoms with Crippen molar-refractivity contribution in [3.05, 3.63) is 57.0 Å². The molecular formula is C15H12Br2N2O7. The fraction of sp³-hybridized carbons (Fsp3) is 0.133. The zero-order valence-corrected chi connectivity index (χ0v) is 16.0. The van der Waals surface area contributed by atoms with Crippen molar-refractivity contribution < 1.29 is 34.8 Å². The number of halogens is 2. The first-order valence-corrected chi connectivity index (χ1v) is 8.29. The zero-order valence-electron chi connectivity index (χ0n) is 12.8. The third-order valence-electron chi connectivity index (χ3n) is 2.74. The number of carbonyl (C=O) groups excluding carboxylic acids is 1. The molecule has 11 heteroatoms. The maximum Gasteiger partial charge on any atom is 0.335 e. The van der Waals surface area contributed by atoms with Crippen LogP contribution in [-0.4, -0.2) is 60.3 Å². The van der Waals surface area contributed by atoms with E-state index >= 15 is 0 Å². The van der Waals surface area contributed by atoms with Gasteiger partial charge >= 0.3 is 11.9 Å². The summed E-state index contributed by atoms with van der Waals surface area (Å²) in [7, 11) is 0. The van der Waals surface area contributed by atoms with E-state index in [9.17, 15) is 14.4 Å². The van der Waals surface area contributed by atoms with Gasteiger partial charge < -0.3 is 20.4 Å². The summed E-state index contributed by atoms with van der Waals surface area (Å²) in [6.45, 7) is 0. The second kappa shape index (κ2) is 10.1. The Kier molecular flexibility index (Phi) is 8.45. The Balaban J connectivity index is 0.000000294. The van der Waals surface area contributed by atoms with Gasteiger partial charge in [0.15, 0.2) is 18.0 Å². The SMILES string of the molecule is O=C(O)C(O)C(O)C(=O)O.O=C(c1cncc(Br)c1)c1cncc(Br)c1. The summed E-state index contributed by atoms with van der Waals surface area (Å²) < 4.78 is 1.56. The number of carbonyl (C=O) groups is 3.